The molecule has 1 aromatic carbocycles. The summed E-state index contributed by atoms with van der Waals surface area (Å²) in [5.41, 5.74) is 0.988. The number of aliphatic imine (C=N–C) groups is 1. The molecule has 3 nitrogen and oxygen atoms in total. The Balaban J connectivity index is 2.38. The standard InChI is InChI=1S/C16H24FN3/c1-3-5-6-11-19-16(18-4-2)20-12-10-14-8-7-9-15(17)13-14/h3,5,7-9,13H,4,6,10-12H2,1-2H3,(H2,18,19,20)/b5-3+. The van der Waals surface area contributed by atoms with Crippen molar-refractivity contribution in [1.82, 2.24) is 10.6 Å². The Morgan fingerprint density at radius 2 is 2.20 bits per heavy atom. The third kappa shape index (κ3) is 6.92. The summed E-state index contributed by atoms with van der Waals surface area (Å²) >= 11 is 0. The van der Waals surface area contributed by atoms with Crippen LogP contribution < -0.4 is 10.6 Å². The molecule has 0 saturated carbocycles. The Hall–Kier alpha value is -1.84. The van der Waals surface area contributed by atoms with Crippen molar-refractivity contribution in [3.05, 3.63) is 47.8 Å². The van der Waals surface area contributed by atoms with Crippen LogP contribution in [0.25, 0.3) is 0 Å². The second-order valence-electron chi connectivity index (χ2n) is 4.43. The van der Waals surface area contributed by atoms with Crippen LogP contribution in [0.15, 0.2) is 41.4 Å². The molecule has 110 valence electrons. The summed E-state index contributed by atoms with van der Waals surface area (Å²) in [4.78, 5) is 4.47. The Morgan fingerprint density at radius 3 is 2.90 bits per heavy atom. The van der Waals surface area contributed by atoms with Crippen molar-refractivity contribution < 1.29 is 4.39 Å². The molecule has 0 saturated heterocycles. The monoisotopic (exact) mass is 277 g/mol. The topological polar surface area (TPSA) is 36.4 Å². The first-order valence-corrected chi connectivity index (χ1v) is 7.14. The fourth-order valence-corrected chi connectivity index (χ4v) is 1.78. The number of allylic oxidation sites excluding steroid dienone is 1. The molecule has 0 heterocycles. The van der Waals surface area contributed by atoms with E-state index in [1.54, 1.807) is 12.1 Å². The summed E-state index contributed by atoms with van der Waals surface area (Å²) in [6.07, 6.45) is 5.84. The van der Waals surface area contributed by atoms with Gasteiger partial charge in [0.05, 0.1) is 0 Å². The summed E-state index contributed by atoms with van der Waals surface area (Å²) in [6, 6.07) is 6.70. The van der Waals surface area contributed by atoms with Crippen molar-refractivity contribution in [2.75, 3.05) is 19.6 Å². The lowest BCUT2D eigenvalue weighted by Gasteiger charge is -2.11. The Kier molecular flexibility index (Phi) is 8.11. The van der Waals surface area contributed by atoms with E-state index >= 15 is 0 Å². The van der Waals surface area contributed by atoms with Gasteiger partial charge in [-0.25, -0.2) is 4.39 Å². The average molecular weight is 277 g/mol. The molecule has 0 aliphatic heterocycles. The van der Waals surface area contributed by atoms with Crippen molar-refractivity contribution in [3.63, 3.8) is 0 Å². The highest BCUT2D eigenvalue weighted by Crippen LogP contribution is 2.03. The van der Waals surface area contributed by atoms with Gasteiger partial charge in [0.2, 0.25) is 0 Å². The van der Waals surface area contributed by atoms with Gasteiger partial charge >= 0.3 is 0 Å². The van der Waals surface area contributed by atoms with Gasteiger partial charge in [-0.15, -0.1) is 0 Å². The van der Waals surface area contributed by atoms with E-state index in [9.17, 15) is 4.39 Å². The minimum Gasteiger partial charge on any atom is -0.357 e. The molecular formula is C16H24FN3. The second-order valence-corrected chi connectivity index (χ2v) is 4.43. The lowest BCUT2D eigenvalue weighted by molar-refractivity contribution is 0.625. The number of hydrogen-bond donors (Lipinski definition) is 2. The van der Waals surface area contributed by atoms with E-state index in [-0.39, 0.29) is 5.82 Å². The molecule has 1 aromatic rings. The van der Waals surface area contributed by atoms with Crippen molar-refractivity contribution in [1.29, 1.82) is 0 Å². The fourth-order valence-electron chi connectivity index (χ4n) is 1.78. The minimum absolute atomic E-state index is 0.186. The predicted octanol–water partition coefficient (Wildman–Crippen LogP) is 2.89. The van der Waals surface area contributed by atoms with Crippen LogP contribution in [0.4, 0.5) is 4.39 Å². The maximum absolute atomic E-state index is 13.0. The van der Waals surface area contributed by atoms with Crippen LogP contribution in [0.5, 0.6) is 0 Å². The molecule has 1 rings (SSSR count). The zero-order chi connectivity index (χ0) is 14.6. The number of rotatable bonds is 7. The van der Waals surface area contributed by atoms with E-state index in [0.717, 1.165) is 44.0 Å². The fraction of sp³-hybridized carbons (Fsp3) is 0.438. The molecule has 0 unspecified atom stereocenters. The van der Waals surface area contributed by atoms with Gasteiger partial charge in [-0.05, 0) is 44.4 Å². The summed E-state index contributed by atoms with van der Waals surface area (Å²) < 4.78 is 13.0. The van der Waals surface area contributed by atoms with Gasteiger partial charge in [0.15, 0.2) is 5.96 Å². The van der Waals surface area contributed by atoms with Crippen LogP contribution in [-0.4, -0.2) is 25.6 Å². The summed E-state index contributed by atoms with van der Waals surface area (Å²) in [6.45, 7) is 6.37. The number of guanidine groups is 1. The summed E-state index contributed by atoms with van der Waals surface area (Å²) in [5, 5.41) is 6.46. The second kappa shape index (κ2) is 10.0. The number of hydrogen-bond acceptors (Lipinski definition) is 1. The van der Waals surface area contributed by atoms with E-state index in [1.807, 2.05) is 26.0 Å². The van der Waals surface area contributed by atoms with Crippen LogP contribution in [0.3, 0.4) is 0 Å². The summed E-state index contributed by atoms with van der Waals surface area (Å²) in [5.74, 6) is 0.628. The van der Waals surface area contributed by atoms with Crippen LogP contribution in [-0.2, 0) is 6.42 Å². The van der Waals surface area contributed by atoms with Crippen LogP contribution in [0.2, 0.25) is 0 Å². The molecule has 0 aromatic heterocycles. The highest BCUT2D eigenvalue weighted by Gasteiger charge is 1.98. The highest BCUT2D eigenvalue weighted by atomic mass is 19.1. The minimum atomic E-state index is -0.186. The Labute approximate surface area is 121 Å². The number of nitrogens with zero attached hydrogens (tertiary/aromatic N) is 1. The average Bonchev–Trinajstić information content (AvgIpc) is 2.43. The van der Waals surface area contributed by atoms with Gasteiger partial charge < -0.3 is 10.6 Å². The van der Waals surface area contributed by atoms with Crippen molar-refractivity contribution in [3.8, 4) is 0 Å². The number of benzene rings is 1. The van der Waals surface area contributed by atoms with E-state index in [2.05, 4.69) is 21.7 Å². The number of halogens is 1. The van der Waals surface area contributed by atoms with Gasteiger partial charge in [0, 0.05) is 19.6 Å². The molecule has 0 fully saturated rings. The quantitative estimate of drug-likeness (QED) is 0.348. The predicted molar refractivity (Wildman–Crippen MR) is 83.5 cm³/mol. The normalized spacial score (nSPS) is 11.8. The van der Waals surface area contributed by atoms with Gasteiger partial charge in [-0.2, -0.15) is 0 Å². The first kappa shape index (κ1) is 16.2. The lowest BCUT2D eigenvalue weighted by atomic mass is 10.1. The maximum atomic E-state index is 13.0. The Bertz CT molecular complexity index is 441. The molecule has 0 amide bonds. The van der Waals surface area contributed by atoms with E-state index < -0.39 is 0 Å². The molecule has 0 aliphatic carbocycles. The lowest BCUT2D eigenvalue weighted by Crippen LogP contribution is -2.38. The third-order valence-corrected chi connectivity index (χ3v) is 2.74. The van der Waals surface area contributed by atoms with Crippen molar-refractivity contribution in [2.24, 2.45) is 4.99 Å². The first-order valence-electron chi connectivity index (χ1n) is 7.14. The van der Waals surface area contributed by atoms with Gasteiger partial charge in [-0.3, -0.25) is 4.99 Å². The van der Waals surface area contributed by atoms with E-state index in [4.69, 9.17) is 0 Å². The van der Waals surface area contributed by atoms with Gasteiger partial charge in [0.1, 0.15) is 5.82 Å². The van der Waals surface area contributed by atoms with Crippen LogP contribution >= 0.6 is 0 Å². The van der Waals surface area contributed by atoms with E-state index in [1.165, 1.54) is 6.07 Å². The molecule has 0 atom stereocenters. The zero-order valence-electron chi connectivity index (χ0n) is 12.3. The molecule has 4 heteroatoms. The number of nitrogens with one attached hydrogen (secondary N) is 2. The third-order valence-electron chi connectivity index (χ3n) is 2.74. The van der Waals surface area contributed by atoms with E-state index in [0.29, 0.717) is 0 Å². The molecule has 0 radical (unpaired) electrons. The Morgan fingerprint density at radius 1 is 1.35 bits per heavy atom. The molecule has 0 aliphatic rings. The van der Waals surface area contributed by atoms with Crippen LogP contribution in [0.1, 0.15) is 25.8 Å². The smallest absolute Gasteiger partial charge is 0.191 e. The van der Waals surface area contributed by atoms with Gasteiger partial charge in [0.25, 0.3) is 0 Å². The largest absolute Gasteiger partial charge is 0.357 e. The first-order chi connectivity index (χ1) is 9.76. The van der Waals surface area contributed by atoms with Crippen molar-refractivity contribution in [2.45, 2.75) is 26.7 Å². The molecule has 0 spiro atoms. The SMILES string of the molecule is C/C=C/CCN=C(NCC)NCCc1cccc(F)c1. The molecule has 2 N–H and O–H groups in total. The summed E-state index contributed by atoms with van der Waals surface area (Å²) in [7, 11) is 0. The molecular weight excluding hydrogens is 253 g/mol. The zero-order valence-corrected chi connectivity index (χ0v) is 12.3. The molecule has 20 heavy (non-hydrogen) atoms. The van der Waals surface area contributed by atoms with Crippen LogP contribution in [0, 0.1) is 5.82 Å². The molecule has 0 bridgehead atoms. The van der Waals surface area contributed by atoms with Crippen molar-refractivity contribution >= 4 is 5.96 Å². The highest BCUT2D eigenvalue weighted by molar-refractivity contribution is 5.79. The van der Waals surface area contributed by atoms with Gasteiger partial charge in [-0.1, -0.05) is 24.3 Å². The maximum Gasteiger partial charge on any atom is 0.191 e.